The predicted molar refractivity (Wildman–Crippen MR) is 123 cm³/mol. The number of nitrogens with one attached hydrogen (secondary N) is 1. The number of methoxy groups -OCH3 is 1. The Hall–Kier alpha value is -3.58. The molecule has 4 heteroatoms. The Morgan fingerprint density at radius 3 is 2.57 bits per heavy atom. The molecule has 1 atom stereocenters. The topological polar surface area (TPSA) is 45.0 Å². The molecule has 3 nitrogen and oxygen atoms in total. The summed E-state index contributed by atoms with van der Waals surface area (Å²) in [6.45, 7) is 8.64. The molecular formula is C26H27FN2O. The van der Waals surface area contributed by atoms with E-state index in [1.54, 1.807) is 25.3 Å². The molecule has 30 heavy (non-hydrogen) atoms. The molecular weight excluding hydrogens is 375 g/mol. The van der Waals surface area contributed by atoms with Crippen molar-refractivity contribution >= 4 is 11.3 Å². The molecule has 0 amide bonds. The van der Waals surface area contributed by atoms with E-state index in [1.165, 1.54) is 0 Å². The molecule has 0 spiro atoms. The van der Waals surface area contributed by atoms with Gasteiger partial charge in [0.2, 0.25) is 0 Å². The quantitative estimate of drug-likeness (QED) is 0.468. The highest BCUT2D eigenvalue weighted by molar-refractivity contribution is 5.74. The number of rotatable bonds is 9. The highest BCUT2D eigenvalue weighted by Crippen LogP contribution is 2.35. The summed E-state index contributed by atoms with van der Waals surface area (Å²) in [6.07, 6.45) is 7.92. The Bertz CT molecular complexity index is 995. The fraction of sp³-hybridized carbons (Fsp3) is 0.192. The Labute approximate surface area is 178 Å². The first-order chi connectivity index (χ1) is 14.5. The van der Waals surface area contributed by atoms with E-state index >= 15 is 0 Å². The third-order valence-electron chi connectivity index (χ3n) is 4.87. The molecule has 1 N–H and O–H groups in total. The van der Waals surface area contributed by atoms with Crippen LogP contribution in [0, 0.1) is 17.2 Å². The van der Waals surface area contributed by atoms with E-state index in [0.717, 1.165) is 22.4 Å². The van der Waals surface area contributed by atoms with E-state index in [2.05, 4.69) is 18.0 Å². The molecule has 2 aromatic carbocycles. The standard InChI is InChI=1S/C26H27FN2O/c1-5-6-7-8-23(16-27)19(2)20(3)25-14-13-24(15-26(25)30-4)29-18-22-11-9-21(17-28)10-12-22/h5-16,19,29H,3,18H2,1-2,4H3/b6-5-,8-7-,23-16-. The molecule has 0 aliphatic heterocycles. The van der Waals surface area contributed by atoms with Gasteiger partial charge in [-0.05, 0) is 47.9 Å². The van der Waals surface area contributed by atoms with Gasteiger partial charge in [-0.3, -0.25) is 0 Å². The number of nitriles is 1. The summed E-state index contributed by atoms with van der Waals surface area (Å²) in [5.41, 5.74) is 4.77. The molecule has 2 aromatic rings. The zero-order valence-corrected chi connectivity index (χ0v) is 17.7. The molecule has 154 valence electrons. The van der Waals surface area contributed by atoms with Crippen molar-refractivity contribution < 1.29 is 9.13 Å². The average molecular weight is 403 g/mol. The normalized spacial score (nSPS) is 12.7. The lowest BCUT2D eigenvalue weighted by Gasteiger charge is -2.19. The fourth-order valence-corrected chi connectivity index (χ4v) is 2.96. The number of ether oxygens (including phenoxy) is 1. The number of anilines is 1. The van der Waals surface area contributed by atoms with Crippen molar-refractivity contribution in [3.05, 3.63) is 102 Å². The maximum atomic E-state index is 13.4. The van der Waals surface area contributed by atoms with E-state index in [9.17, 15) is 4.39 Å². The summed E-state index contributed by atoms with van der Waals surface area (Å²) in [5, 5.41) is 12.2. The van der Waals surface area contributed by atoms with Crippen molar-refractivity contribution in [1.29, 1.82) is 5.26 Å². The van der Waals surface area contributed by atoms with Crippen LogP contribution in [-0.4, -0.2) is 7.11 Å². The summed E-state index contributed by atoms with van der Waals surface area (Å²) >= 11 is 0. The van der Waals surface area contributed by atoms with Crippen LogP contribution >= 0.6 is 0 Å². The van der Waals surface area contributed by atoms with Gasteiger partial charge in [0.1, 0.15) is 5.75 Å². The van der Waals surface area contributed by atoms with Gasteiger partial charge in [0.25, 0.3) is 0 Å². The lowest BCUT2D eigenvalue weighted by Crippen LogP contribution is -2.04. The molecule has 2 rings (SSSR count). The Kier molecular flexibility index (Phi) is 8.65. The minimum absolute atomic E-state index is 0.206. The first-order valence-corrected chi connectivity index (χ1v) is 9.73. The van der Waals surface area contributed by atoms with E-state index < -0.39 is 0 Å². The average Bonchev–Trinajstić information content (AvgIpc) is 2.79. The minimum Gasteiger partial charge on any atom is -0.496 e. The van der Waals surface area contributed by atoms with Crippen LogP contribution in [0.4, 0.5) is 10.1 Å². The van der Waals surface area contributed by atoms with E-state index in [-0.39, 0.29) is 5.92 Å². The second kappa shape index (κ2) is 11.4. The van der Waals surface area contributed by atoms with Gasteiger partial charge in [-0.1, -0.05) is 49.9 Å². The van der Waals surface area contributed by atoms with Crippen molar-refractivity contribution in [1.82, 2.24) is 0 Å². The molecule has 0 radical (unpaired) electrons. The van der Waals surface area contributed by atoms with E-state index in [0.29, 0.717) is 29.8 Å². The van der Waals surface area contributed by atoms with Gasteiger partial charge in [0.05, 0.1) is 25.1 Å². The van der Waals surface area contributed by atoms with Crippen LogP contribution in [0.25, 0.3) is 5.57 Å². The Morgan fingerprint density at radius 2 is 1.97 bits per heavy atom. The number of hydrogen-bond donors (Lipinski definition) is 1. The van der Waals surface area contributed by atoms with Crippen molar-refractivity contribution in [3.63, 3.8) is 0 Å². The second-order valence-corrected chi connectivity index (χ2v) is 6.82. The first-order valence-electron chi connectivity index (χ1n) is 9.73. The smallest absolute Gasteiger partial charge is 0.128 e. The monoisotopic (exact) mass is 402 g/mol. The van der Waals surface area contributed by atoms with Gasteiger partial charge < -0.3 is 10.1 Å². The van der Waals surface area contributed by atoms with Gasteiger partial charge in [0.15, 0.2) is 0 Å². The van der Waals surface area contributed by atoms with Crippen LogP contribution in [0.1, 0.15) is 30.5 Å². The van der Waals surface area contributed by atoms with Gasteiger partial charge in [-0.25, -0.2) is 4.39 Å². The van der Waals surface area contributed by atoms with Gasteiger partial charge >= 0.3 is 0 Å². The van der Waals surface area contributed by atoms with Crippen molar-refractivity contribution in [2.24, 2.45) is 5.92 Å². The SMILES string of the molecule is C=C(c1ccc(NCc2ccc(C#N)cc2)cc1OC)C(C)C(/C=C\C=C/C)=C\F. The van der Waals surface area contributed by atoms with Crippen LogP contribution in [0.3, 0.4) is 0 Å². The molecule has 0 heterocycles. The predicted octanol–water partition coefficient (Wildman–Crippen LogP) is 6.81. The maximum absolute atomic E-state index is 13.4. The summed E-state index contributed by atoms with van der Waals surface area (Å²) in [7, 11) is 1.61. The molecule has 1 unspecified atom stereocenters. The number of nitrogens with zero attached hydrogens (tertiary/aromatic N) is 1. The zero-order valence-electron chi connectivity index (χ0n) is 17.7. The number of hydrogen-bond acceptors (Lipinski definition) is 3. The molecule has 0 saturated carbocycles. The van der Waals surface area contributed by atoms with Gasteiger partial charge in [-0.15, -0.1) is 0 Å². The number of halogens is 1. The fourth-order valence-electron chi connectivity index (χ4n) is 2.96. The summed E-state index contributed by atoms with van der Waals surface area (Å²) in [6, 6.07) is 15.4. The lowest BCUT2D eigenvalue weighted by atomic mass is 9.88. The first kappa shape index (κ1) is 22.7. The highest BCUT2D eigenvalue weighted by atomic mass is 19.1. The van der Waals surface area contributed by atoms with Crippen LogP contribution in [0.5, 0.6) is 5.75 Å². The largest absolute Gasteiger partial charge is 0.496 e. The van der Waals surface area contributed by atoms with Crippen LogP contribution in [-0.2, 0) is 6.54 Å². The molecule has 0 aromatic heterocycles. The zero-order chi connectivity index (χ0) is 21.9. The number of benzene rings is 2. The molecule has 0 aliphatic carbocycles. The minimum atomic E-state index is -0.206. The van der Waals surface area contributed by atoms with Crippen LogP contribution in [0.15, 0.2) is 85.3 Å². The van der Waals surface area contributed by atoms with Crippen molar-refractivity contribution in [3.8, 4) is 11.8 Å². The molecule has 0 fully saturated rings. The van der Waals surface area contributed by atoms with Gasteiger partial charge in [-0.2, -0.15) is 5.26 Å². The summed E-state index contributed by atoms with van der Waals surface area (Å²) in [4.78, 5) is 0. The van der Waals surface area contributed by atoms with Crippen LogP contribution in [0.2, 0.25) is 0 Å². The number of allylic oxidation sites excluding steroid dienone is 6. The molecule has 0 saturated heterocycles. The lowest BCUT2D eigenvalue weighted by molar-refractivity contribution is 0.413. The van der Waals surface area contributed by atoms with Crippen molar-refractivity contribution in [2.45, 2.75) is 20.4 Å². The second-order valence-electron chi connectivity index (χ2n) is 6.82. The maximum Gasteiger partial charge on any atom is 0.128 e. The van der Waals surface area contributed by atoms with Gasteiger partial charge in [0, 0.05) is 29.8 Å². The highest BCUT2D eigenvalue weighted by Gasteiger charge is 2.16. The van der Waals surface area contributed by atoms with E-state index in [1.807, 2.05) is 62.4 Å². The Morgan fingerprint density at radius 1 is 1.23 bits per heavy atom. The third kappa shape index (κ3) is 5.96. The van der Waals surface area contributed by atoms with Crippen LogP contribution < -0.4 is 10.1 Å². The van der Waals surface area contributed by atoms with Crippen molar-refractivity contribution in [2.75, 3.05) is 12.4 Å². The van der Waals surface area contributed by atoms with E-state index in [4.69, 9.17) is 10.00 Å². The third-order valence-corrected chi connectivity index (χ3v) is 4.87. The summed E-state index contributed by atoms with van der Waals surface area (Å²) < 4.78 is 19.0. The molecule has 0 bridgehead atoms. The molecule has 0 aliphatic rings. The Balaban J connectivity index is 2.15. The summed E-state index contributed by atoms with van der Waals surface area (Å²) in [5.74, 6) is 0.468.